The van der Waals surface area contributed by atoms with E-state index in [1.807, 2.05) is 0 Å². The quantitative estimate of drug-likeness (QED) is 0.512. The Kier molecular flexibility index (Phi) is 1.24. The van der Waals surface area contributed by atoms with Crippen molar-refractivity contribution in [3.63, 3.8) is 0 Å². The number of aliphatic hydroxyl groups excluding tert-OH is 1. The van der Waals surface area contributed by atoms with Crippen LogP contribution in [-0.4, -0.2) is 16.6 Å². The molecule has 0 amide bonds. The molecule has 0 spiro atoms. The highest BCUT2D eigenvalue weighted by molar-refractivity contribution is 6.21. The molecule has 1 N–H and O–H groups in total. The minimum Gasteiger partial charge on any atom is -0.391 e. The number of fused-ring (bicyclic) bond motifs is 2. The molecule has 2 aliphatic rings. The van der Waals surface area contributed by atoms with Gasteiger partial charge in [-0.05, 0) is 31.1 Å². The van der Waals surface area contributed by atoms with E-state index in [1.54, 1.807) is 0 Å². The number of halogens is 1. The lowest BCUT2D eigenvalue weighted by Gasteiger charge is -2.20. The van der Waals surface area contributed by atoms with Crippen LogP contribution in [0.1, 0.15) is 19.3 Å². The van der Waals surface area contributed by atoms with Gasteiger partial charge in [-0.1, -0.05) is 0 Å². The van der Waals surface area contributed by atoms with Crippen LogP contribution in [0.2, 0.25) is 0 Å². The highest BCUT2D eigenvalue weighted by Gasteiger charge is 2.45. The highest BCUT2D eigenvalue weighted by atomic mass is 35.5. The molecule has 0 radical (unpaired) electrons. The van der Waals surface area contributed by atoms with Crippen LogP contribution in [0.5, 0.6) is 0 Å². The van der Waals surface area contributed by atoms with Crippen LogP contribution in [0.3, 0.4) is 0 Å². The molecule has 2 heteroatoms. The van der Waals surface area contributed by atoms with Crippen molar-refractivity contribution < 1.29 is 5.11 Å². The lowest BCUT2D eigenvalue weighted by atomic mass is 9.97. The Balaban J connectivity index is 2.15. The normalized spacial score (nSPS) is 56.7. The third-order valence-electron chi connectivity index (χ3n) is 2.77. The van der Waals surface area contributed by atoms with Crippen molar-refractivity contribution in [2.24, 2.45) is 11.8 Å². The first-order valence-electron chi connectivity index (χ1n) is 3.61. The molecular formula is C7H11ClO. The van der Waals surface area contributed by atoms with E-state index < -0.39 is 0 Å². The monoisotopic (exact) mass is 146 g/mol. The SMILES string of the molecule is O[C@H]1[C@@H]2CC[C@H](C2)[C@H]1Cl. The van der Waals surface area contributed by atoms with Gasteiger partial charge in [0.05, 0.1) is 11.5 Å². The van der Waals surface area contributed by atoms with E-state index >= 15 is 0 Å². The molecule has 52 valence electrons. The molecule has 0 heterocycles. The Morgan fingerprint density at radius 1 is 1.22 bits per heavy atom. The summed E-state index contributed by atoms with van der Waals surface area (Å²) in [6, 6.07) is 0. The van der Waals surface area contributed by atoms with E-state index in [0.29, 0.717) is 11.8 Å². The fourth-order valence-electron chi connectivity index (χ4n) is 2.19. The van der Waals surface area contributed by atoms with Crippen molar-refractivity contribution in [2.75, 3.05) is 0 Å². The van der Waals surface area contributed by atoms with Gasteiger partial charge in [0.2, 0.25) is 0 Å². The van der Waals surface area contributed by atoms with Gasteiger partial charge in [-0.2, -0.15) is 0 Å². The second kappa shape index (κ2) is 1.86. The first kappa shape index (κ1) is 5.99. The summed E-state index contributed by atoms with van der Waals surface area (Å²) in [5, 5.41) is 9.43. The molecule has 0 aliphatic heterocycles. The van der Waals surface area contributed by atoms with Gasteiger partial charge in [0, 0.05) is 0 Å². The first-order chi connectivity index (χ1) is 4.29. The van der Waals surface area contributed by atoms with Crippen molar-refractivity contribution in [1.82, 2.24) is 0 Å². The average molecular weight is 147 g/mol. The van der Waals surface area contributed by atoms with Crippen LogP contribution >= 0.6 is 11.6 Å². The molecule has 0 saturated heterocycles. The molecule has 2 fully saturated rings. The molecule has 0 aromatic rings. The maximum Gasteiger partial charge on any atom is 0.0734 e. The molecule has 2 saturated carbocycles. The highest BCUT2D eigenvalue weighted by Crippen LogP contribution is 2.46. The smallest absolute Gasteiger partial charge is 0.0734 e. The molecule has 2 rings (SSSR count). The summed E-state index contributed by atoms with van der Waals surface area (Å²) < 4.78 is 0. The molecule has 4 atom stereocenters. The minimum atomic E-state index is -0.189. The predicted molar refractivity (Wildman–Crippen MR) is 36.5 cm³/mol. The van der Waals surface area contributed by atoms with E-state index in [0.717, 1.165) is 0 Å². The van der Waals surface area contributed by atoms with Gasteiger partial charge in [0.15, 0.2) is 0 Å². The average Bonchev–Trinajstić information content (AvgIpc) is 2.37. The molecular weight excluding hydrogens is 136 g/mol. The molecule has 0 unspecified atom stereocenters. The van der Waals surface area contributed by atoms with Crippen LogP contribution in [-0.2, 0) is 0 Å². The number of alkyl halides is 1. The van der Waals surface area contributed by atoms with Crippen molar-refractivity contribution in [1.29, 1.82) is 0 Å². The van der Waals surface area contributed by atoms with Gasteiger partial charge in [0.25, 0.3) is 0 Å². The van der Waals surface area contributed by atoms with E-state index in [1.165, 1.54) is 19.3 Å². The predicted octanol–water partition coefficient (Wildman–Crippen LogP) is 1.38. The third kappa shape index (κ3) is 0.714. The maximum absolute atomic E-state index is 9.36. The van der Waals surface area contributed by atoms with Crippen molar-refractivity contribution in [3.8, 4) is 0 Å². The van der Waals surface area contributed by atoms with Crippen LogP contribution in [0.15, 0.2) is 0 Å². The number of aliphatic hydroxyl groups is 1. The second-order valence-electron chi connectivity index (χ2n) is 3.27. The van der Waals surface area contributed by atoms with Crippen LogP contribution in [0.4, 0.5) is 0 Å². The van der Waals surface area contributed by atoms with Crippen molar-refractivity contribution in [2.45, 2.75) is 30.7 Å². The van der Waals surface area contributed by atoms with Crippen LogP contribution in [0, 0.1) is 11.8 Å². The molecule has 1 nitrogen and oxygen atoms in total. The van der Waals surface area contributed by atoms with E-state index in [2.05, 4.69) is 0 Å². The number of hydrogen-bond donors (Lipinski definition) is 1. The first-order valence-corrected chi connectivity index (χ1v) is 4.05. The second-order valence-corrected chi connectivity index (χ2v) is 3.77. The fraction of sp³-hybridized carbons (Fsp3) is 1.00. The fourth-order valence-corrected chi connectivity index (χ4v) is 2.63. The van der Waals surface area contributed by atoms with Gasteiger partial charge in [-0.15, -0.1) is 11.6 Å². The summed E-state index contributed by atoms with van der Waals surface area (Å²) in [6.45, 7) is 0. The Hall–Kier alpha value is 0.250. The van der Waals surface area contributed by atoms with Gasteiger partial charge in [0.1, 0.15) is 0 Å². The summed E-state index contributed by atoms with van der Waals surface area (Å²) in [6.07, 6.45) is 3.44. The summed E-state index contributed by atoms with van der Waals surface area (Å²) in [5.41, 5.74) is 0. The zero-order valence-electron chi connectivity index (χ0n) is 5.26. The molecule has 0 aromatic carbocycles. The molecule has 2 aliphatic carbocycles. The molecule has 9 heavy (non-hydrogen) atoms. The van der Waals surface area contributed by atoms with Gasteiger partial charge in [-0.25, -0.2) is 0 Å². The van der Waals surface area contributed by atoms with E-state index in [9.17, 15) is 5.11 Å². The zero-order chi connectivity index (χ0) is 6.43. The largest absolute Gasteiger partial charge is 0.391 e. The Morgan fingerprint density at radius 3 is 2.22 bits per heavy atom. The summed E-state index contributed by atoms with van der Waals surface area (Å²) in [7, 11) is 0. The van der Waals surface area contributed by atoms with Crippen LogP contribution in [0.25, 0.3) is 0 Å². The third-order valence-corrected chi connectivity index (χ3v) is 3.39. The van der Waals surface area contributed by atoms with Gasteiger partial charge < -0.3 is 5.11 Å². The van der Waals surface area contributed by atoms with Gasteiger partial charge in [-0.3, -0.25) is 0 Å². The van der Waals surface area contributed by atoms with Crippen molar-refractivity contribution >= 4 is 11.6 Å². The zero-order valence-corrected chi connectivity index (χ0v) is 6.01. The summed E-state index contributed by atoms with van der Waals surface area (Å²) in [4.78, 5) is 0. The van der Waals surface area contributed by atoms with Crippen LogP contribution < -0.4 is 0 Å². The number of hydrogen-bond acceptors (Lipinski definition) is 1. The lowest BCUT2D eigenvalue weighted by molar-refractivity contribution is 0.117. The molecule has 0 aromatic heterocycles. The number of rotatable bonds is 0. The lowest BCUT2D eigenvalue weighted by Crippen LogP contribution is -2.27. The summed E-state index contributed by atoms with van der Waals surface area (Å²) >= 11 is 5.91. The van der Waals surface area contributed by atoms with E-state index in [-0.39, 0.29) is 11.5 Å². The Morgan fingerprint density at radius 2 is 1.89 bits per heavy atom. The van der Waals surface area contributed by atoms with Gasteiger partial charge >= 0.3 is 0 Å². The molecule has 2 bridgehead atoms. The summed E-state index contributed by atoms with van der Waals surface area (Å²) in [5.74, 6) is 1.17. The van der Waals surface area contributed by atoms with Crippen molar-refractivity contribution in [3.05, 3.63) is 0 Å². The minimum absolute atomic E-state index is 0.0729. The topological polar surface area (TPSA) is 20.2 Å². The Bertz CT molecular complexity index is 108. The van der Waals surface area contributed by atoms with E-state index in [4.69, 9.17) is 11.6 Å². The Labute approximate surface area is 60.0 Å². The maximum atomic E-state index is 9.36. The standard InChI is InChI=1S/C7H11ClO/c8-6-4-1-2-5(3-4)7(6)9/h4-7,9H,1-3H2/t4-,5-,6-,7+/m1/s1.